The van der Waals surface area contributed by atoms with Gasteiger partial charge in [0.1, 0.15) is 0 Å². The van der Waals surface area contributed by atoms with Crippen molar-refractivity contribution in [3.8, 4) is 0 Å². The van der Waals surface area contributed by atoms with Gasteiger partial charge in [0.25, 0.3) is 0 Å². The van der Waals surface area contributed by atoms with Crippen LogP contribution in [0.4, 0.5) is 5.82 Å². The predicted molar refractivity (Wildman–Crippen MR) is 68.7 cm³/mol. The summed E-state index contributed by atoms with van der Waals surface area (Å²) in [6, 6.07) is 1.87. The smallest absolute Gasteiger partial charge is 0.172 e. The molecular formula is C9H11Cl2N3S. The van der Waals surface area contributed by atoms with Gasteiger partial charge in [-0.2, -0.15) is 0 Å². The first-order valence-electron chi connectivity index (χ1n) is 4.37. The second-order valence-corrected chi connectivity index (χ2v) is 4.49. The molecule has 82 valence electrons. The summed E-state index contributed by atoms with van der Waals surface area (Å²) in [4.78, 5) is 4.02. The van der Waals surface area contributed by atoms with Crippen molar-refractivity contribution in [2.24, 2.45) is 0 Å². The molecular weight excluding hydrogens is 253 g/mol. The molecule has 0 amide bonds. The average Bonchev–Trinajstić information content (AvgIpc) is 2.08. The first-order valence-corrected chi connectivity index (χ1v) is 5.54. The molecule has 1 aromatic heterocycles. The van der Waals surface area contributed by atoms with Crippen LogP contribution in [0.5, 0.6) is 0 Å². The SMILES string of the molecule is CC(C)NC(=S)Nc1ncc(Cl)cc1Cl. The van der Waals surface area contributed by atoms with Gasteiger partial charge in [0.15, 0.2) is 10.9 Å². The number of nitrogens with one attached hydrogen (secondary N) is 2. The van der Waals surface area contributed by atoms with Gasteiger partial charge in [-0.15, -0.1) is 0 Å². The standard InChI is InChI=1S/C9H11Cl2N3S/c1-5(2)13-9(15)14-8-7(11)3-6(10)4-12-8/h3-5H,1-2H3,(H2,12,13,14,15). The Hall–Kier alpha value is -0.580. The van der Waals surface area contributed by atoms with Crippen molar-refractivity contribution in [1.29, 1.82) is 0 Å². The van der Waals surface area contributed by atoms with E-state index in [4.69, 9.17) is 35.4 Å². The Kier molecular flexibility index (Phi) is 4.57. The predicted octanol–water partition coefficient (Wildman–Crippen LogP) is 3.08. The number of anilines is 1. The number of hydrogen-bond acceptors (Lipinski definition) is 2. The molecule has 1 aromatic rings. The first kappa shape index (κ1) is 12.5. The van der Waals surface area contributed by atoms with Gasteiger partial charge >= 0.3 is 0 Å². The monoisotopic (exact) mass is 263 g/mol. The largest absolute Gasteiger partial charge is 0.360 e. The fourth-order valence-electron chi connectivity index (χ4n) is 0.912. The summed E-state index contributed by atoms with van der Waals surface area (Å²) in [6.45, 7) is 3.98. The summed E-state index contributed by atoms with van der Waals surface area (Å²) in [5.74, 6) is 0.499. The van der Waals surface area contributed by atoms with Crippen LogP contribution in [0.15, 0.2) is 12.3 Å². The molecule has 0 bridgehead atoms. The highest BCUT2D eigenvalue weighted by molar-refractivity contribution is 7.80. The number of nitrogens with zero attached hydrogens (tertiary/aromatic N) is 1. The van der Waals surface area contributed by atoms with Gasteiger partial charge in [-0.25, -0.2) is 4.98 Å². The Bertz CT molecular complexity index is 368. The van der Waals surface area contributed by atoms with Crippen LogP contribution in [0.2, 0.25) is 10.0 Å². The Morgan fingerprint density at radius 1 is 1.47 bits per heavy atom. The number of aromatic nitrogens is 1. The maximum absolute atomic E-state index is 5.91. The maximum Gasteiger partial charge on any atom is 0.172 e. The zero-order valence-electron chi connectivity index (χ0n) is 8.34. The number of rotatable bonds is 2. The van der Waals surface area contributed by atoms with Gasteiger partial charge in [-0.1, -0.05) is 23.2 Å². The number of halogens is 2. The van der Waals surface area contributed by atoms with Gasteiger partial charge in [-0.3, -0.25) is 0 Å². The molecule has 0 saturated carbocycles. The van der Waals surface area contributed by atoms with Crippen LogP contribution >= 0.6 is 35.4 Å². The summed E-state index contributed by atoms with van der Waals surface area (Å²) >= 11 is 16.7. The Labute approximate surface area is 104 Å². The molecule has 3 nitrogen and oxygen atoms in total. The van der Waals surface area contributed by atoms with E-state index in [1.807, 2.05) is 13.8 Å². The lowest BCUT2D eigenvalue weighted by molar-refractivity contribution is 0.739. The Balaban J connectivity index is 2.68. The third-order valence-electron chi connectivity index (χ3n) is 1.46. The first-order chi connectivity index (χ1) is 6.99. The molecule has 0 aliphatic rings. The molecule has 0 fully saturated rings. The van der Waals surface area contributed by atoms with E-state index in [0.717, 1.165) is 0 Å². The second-order valence-electron chi connectivity index (χ2n) is 3.24. The molecule has 0 saturated heterocycles. The van der Waals surface area contributed by atoms with Gasteiger partial charge in [0.2, 0.25) is 0 Å². The molecule has 0 unspecified atom stereocenters. The summed E-state index contributed by atoms with van der Waals surface area (Å²) in [6.07, 6.45) is 1.51. The van der Waals surface area contributed by atoms with Crippen LogP contribution in [0.3, 0.4) is 0 Å². The van der Waals surface area contributed by atoms with E-state index in [2.05, 4.69) is 15.6 Å². The van der Waals surface area contributed by atoms with Gasteiger partial charge in [0.05, 0.1) is 10.0 Å². The van der Waals surface area contributed by atoms with E-state index in [0.29, 0.717) is 21.0 Å². The lowest BCUT2D eigenvalue weighted by Gasteiger charge is -2.13. The van der Waals surface area contributed by atoms with Crippen LogP contribution in [-0.4, -0.2) is 16.1 Å². The van der Waals surface area contributed by atoms with Gasteiger partial charge in [0, 0.05) is 12.2 Å². The molecule has 0 aliphatic heterocycles. The van der Waals surface area contributed by atoms with Crippen LogP contribution < -0.4 is 10.6 Å². The third-order valence-corrected chi connectivity index (χ3v) is 2.17. The number of thiocarbonyl (C=S) groups is 1. The van der Waals surface area contributed by atoms with Crippen molar-refractivity contribution in [2.75, 3.05) is 5.32 Å². The van der Waals surface area contributed by atoms with Crippen molar-refractivity contribution in [2.45, 2.75) is 19.9 Å². The average molecular weight is 264 g/mol. The van der Waals surface area contributed by atoms with E-state index >= 15 is 0 Å². The zero-order chi connectivity index (χ0) is 11.4. The minimum Gasteiger partial charge on any atom is -0.360 e. The lowest BCUT2D eigenvalue weighted by Crippen LogP contribution is -2.34. The third kappa shape index (κ3) is 4.20. The normalized spacial score (nSPS) is 10.2. The topological polar surface area (TPSA) is 37.0 Å². The molecule has 2 N–H and O–H groups in total. The van der Waals surface area contributed by atoms with Crippen LogP contribution in [0.1, 0.15) is 13.8 Å². The van der Waals surface area contributed by atoms with Crippen molar-refractivity contribution in [3.63, 3.8) is 0 Å². The van der Waals surface area contributed by atoms with E-state index in [1.54, 1.807) is 6.07 Å². The highest BCUT2D eigenvalue weighted by Gasteiger charge is 2.05. The highest BCUT2D eigenvalue weighted by atomic mass is 35.5. The van der Waals surface area contributed by atoms with Crippen LogP contribution in [0, 0.1) is 0 Å². The lowest BCUT2D eigenvalue weighted by atomic mass is 10.4. The molecule has 0 radical (unpaired) electrons. The Morgan fingerprint density at radius 2 is 2.13 bits per heavy atom. The molecule has 6 heteroatoms. The summed E-state index contributed by atoms with van der Waals surface area (Å²) in [5.41, 5.74) is 0. The minimum absolute atomic E-state index is 0.260. The van der Waals surface area contributed by atoms with E-state index in [1.165, 1.54) is 6.20 Å². The molecule has 0 atom stereocenters. The van der Waals surface area contributed by atoms with Gasteiger partial charge < -0.3 is 10.6 Å². The van der Waals surface area contributed by atoms with Gasteiger partial charge in [-0.05, 0) is 32.1 Å². The van der Waals surface area contributed by atoms with Crippen molar-refractivity contribution in [3.05, 3.63) is 22.3 Å². The zero-order valence-corrected chi connectivity index (χ0v) is 10.7. The summed E-state index contributed by atoms with van der Waals surface area (Å²) in [5, 5.41) is 7.33. The fourth-order valence-corrected chi connectivity index (χ4v) is 1.67. The Morgan fingerprint density at radius 3 is 2.67 bits per heavy atom. The van der Waals surface area contributed by atoms with E-state index < -0.39 is 0 Å². The quantitative estimate of drug-likeness (QED) is 0.805. The number of hydrogen-bond donors (Lipinski definition) is 2. The van der Waals surface area contributed by atoms with Crippen molar-refractivity contribution >= 4 is 46.4 Å². The second kappa shape index (κ2) is 5.49. The molecule has 0 aromatic carbocycles. The van der Waals surface area contributed by atoms with Crippen LogP contribution in [-0.2, 0) is 0 Å². The maximum atomic E-state index is 5.91. The van der Waals surface area contributed by atoms with Crippen molar-refractivity contribution < 1.29 is 0 Å². The molecule has 1 heterocycles. The fraction of sp³-hybridized carbons (Fsp3) is 0.333. The van der Waals surface area contributed by atoms with Crippen molar-refractivity contribution in [1.82, 2.24) is 10.3 Å². The summed E-state index contributed by atoms with van der Waals surface area (Å²) < 4.78 is 0. The molecule has 0 aliphatic carbocycles. The molecule has 1 rings (SSSR count). The van der Waals surface area contributed by atoms with E-state index in [-0.39, 0.29) is 6.04 Å². The van der Waals surface area contributed by atoms with Crippen LogP contribution in [0.25, 0.3) is 0 Å². The number of pyridine rings is 1. The minimum atomic E-state index is 0.260. The van der Waals surface area contributed by atoms with E-state index in [9.17, 15) is 0 Å². The highest BCUT2D eigenvalue weighted by Crippen LogP contribution is 2.22. The summed E-state index contributed by atoms with van der Waals surface area (Å²) in [7, 11) is 0. The molecule has 15 heavy (non-hydrogen) atoms. The molecule has 0 spiro atoms.